The van der Waals surface area contributed by atoms with Gasteiger partial charge in [-0.05, 0) is 56.1 Å². The van der Waals surface area contributed by atoms with Gasteiger partial charge in [-0.1, -0.05) is 89.5 Å². The fourth-order valence-corrected chi connectivity index (χ4v) is 4.42. The molecule has 2 rings (SSSR count). The molecule has 0 unspecified atom stereocenters. The minimum atomic E-state index is -0.816. The van der Waals surface area contributed by atoms with Crippen molar-refractivity contribution in [2.24, 2.45) is 0 Å². The van der Waals surface area contributed by atoms with Gasteiger partial charge in [0.25, 0.3) is 0 Å². The molecule has 1 fully saturated rings. The van der Waals surface area contributed by atoms with E-state index in [2.05, 4.69) is 38.1 Å². The Balaban J connectivity index is 1.65. The summed E-state index contributed by atoms with van der Waals surface area (Å²) >= 11 is 0. The molecule has 1 aromatic carbocycles. The van der Waals surface area contributed by atoms with E-state index in [1.165, 1.54) is 56.9 Å². The average molecular weight is 433 g/mol. The highest BCUT2D eigenvalue weighted by Gasteiger charge is 2.36. The first kappa shape index (κ1) is 25.7. The van der Waals surface area contributed by atoms with Crippen LogP contribution in [0, 0.1) is 0 Å². The standard InChI is InChI=1S/C27H44O4/c1-3-5-7-9-10-12-22-30-26(28)31-25-18-20-27(29,21-19-25)24-16-14-23(15-17-24)13-11-8-6-4-2/h14-17,25,29H,3-13,18-22H2,1-2H3. The summed E-state index contributed by atoms with van der Waals surface area (Å²) < 4.78 is 10.7. The predicted octanol–water partition coefficient (Wildman–Crippen LogP) is 7.45. The van der Waals surface area contributed by atoms with Crippen LogP contribution in [0.1, 0.15) is 115 Å². The first-order chi connectivity index (χ1) is 15.1. The maximum absolute atomic E-state index is 11.9. The lowest BCUT2D eigenvalue weighted by atomic mass is 9.78. The van der Waals surface area contributed by atoms with Crippen LogP contribution in [0.3, 0.4) is 0 Å². The van der Waals surface area contributed by atoms with Crippen molar-refractivity contribution in [3.63, 3.8) is 0 Å². The lowest BCUT2D eigenvalue weighted by Gasteiger charge is -2.36. The Morgan fingerprint density at radius 1 is 0.903 bits per heavy atom. The van der Waals surface area contributed by atoms with Crippen LogP contribution in [-0.4, -0.2) is 24.0 Å². The van der Waals surface area contributed by atoms with Crippen molar-refractivity contribution in [1.29, 1.82) is 0 Å². The molecule has 176 valence electrons. The van der Waals surface area contributed by atoms with Gasteiger partial charge in [0.05, 0.1) is 12.2 Å². The van der Waals surface area contributed by atoms with E-state index in [0.717, 1.165) is 24.8 Å². The number of rotatable bonds is 14. The summed E-state index contributed by atoms with van der Waals surface area (Å²) in [6.07, 6.45) is 15.0. The molecular formula is C27H44O4. The highest BCUT2D eigenvalue weighted by molar-refractivity contribution is 5.60. The fourth-order valence-electron chi connectivity index (χ4n) is 4.42. The van der Waals surface area contributed by atoms with Gasteiger partial charge in [0.2, 0.25) is 0 Å². The van der Waals surface area contributed by atoms with Crippen molar-refractivity contribution < 1.29 is 19.4 Å². The predicted molar refractivity (Wildman–Crippen MR) is 126 cm³/mol. The third-order valence-corrected chi connectivity index (χ3v) is 6.55. The molecule has 1 N–H and O–H groups in total. The Hall–Kier alpha value is -1.55. The molecule has 1 aliphatic rings. The number of carbonyl (C=O) groups excluding carboxylic acids is 1. The number of hydrogen-bond acceptors (Lipinski definition) is 4. The van der Waals surface area contributed by atoms with Gasteiger partial charge in [0.1, 0.15) is 6.10 Å². The van der Waals surface area contributed by atoms with Gasteiger partial charge < -0.3 is 14.6 Å². The summed E-state index contributed by atoms with van der Waals surface area (Å²) in [7, 11) is 0. The summed E-state index contributed by atoms with van der Waals surface area (Å²) in [6.45, 7) is 4.87. The number of hydrogen-bond donors (Lipinski definition) is 1. The second-order valence-electron chi connectivity index (χ2n) is 9.22. The van der Waals surface area contributed by atoms with E-state index in [4.69, 9.17) is 9.47 Å². The van der Waals surface area contributed by atoms with Crippen molar-refractivity contribution in [2.75, 3.05) is 6.61 Å². The molecule has 0 aromatic heterocycles. The van der Waals surface area contributed by atoms with Crippen LogP contribution in [0.5, 0.6) is 0 Å². The molecule has 0 heterocycles. The Kier molecular flexibility index (Phi) is 12.0. The highest BCUT2D eigenvalue weighted by atomic mass is 16.7. The topological polar surface area (TPSA) is 55.8 Å². The zero-order chi connectivity index (χ0) is 22.4. The molecular weight excluding hydrogens is 388 g/mol. The molecule has 0 amide bonds. The van der Waals surface area contributed by atoms with Gasteiger partial charge in [0.15, 0.2) is 0 Å². The first-order valence-corrected chi connectivity index (χ1v) is 12.7. The largest absolute Gasteiger partial charge is 0.508 e. The third-order valence-electron chi connectivity index (χ3n) is 6.55. The normalized spacial score (nSPS) is 21.1. The van der Waals surface area contributed by atoms with Gasteiger partial charge >= 0.3 is 6.16 Å². The molecule has 0 bridgehead atoms. The molecule has 0 saturated heterocycles. The number of benzene rings is 1. The molecule has 1 saturated carbocycles. The minimum absolute atomic E-state index is 0.157. The van der Waals surface area contributed by atoms with Gasteiger partial charge in [-0.25, -0.2) is 4.79 Å². The van der Waals surface area contributed by atoms with Crippen molar-refractivity contribution in [3.8, 4) is 0 Å². The van der Waals surface area contributed by atoms with Gasteiger partial charge in [0, 0.05) is 0 Å². The smallest absolute Gasteiger partial charge is 0.434 e. The van der Waals surface area contributed by atoms with Crippen LogP contribution in [0.4, 0.5) is 4.79 Å². The highest BCUT2D eigenvalue weighted by Crippen LogP contribution is 2.38. The molecule has 1 aromatic rings. The Labute approximate surface area is 189 Å². The van der Waals surface area contributed by atoms with Crippen LogP contribution in [0.15, 0.2) is 24.3 Å². The van der Waals surface area contributed by atoms with Crippen molar-refractivity contribution >= 4 is 6.16 Å². The second-order valence-corrected chi connectivity index (χ2v) is 9.22. The van der Waals surface area contributed by atoms with Gasteiger partial charge in [-0.3, -0.25) is 0 Å². The van der Waals surface area contributed by atoms with E-state index in [9.17, 15) is 9.90 Å². The molecule has 0 radical (unpaired) electrons. The first-order valence-electron chi connectivity index (χ1n) is 12.7. The van der Waals surface area contributed by atoms with Crippen LogP contribution in [0.2, 0.25) is 0 Å². The van der Waals surface area contributed by atoms with E-state index in [-0.39, 0.29) is 6.10 Å². The molecule has 0 aliphatic heterocycles. The summed E-state index contributed by atoms with van der Waals surface area (Å²) in [4.78, 5) is 11.9. The SMILES string of the molecule is CCCCCCCCOC(=O)OC1CCC(O)(c2ccc(CCCCCC)cc2)CC1. The maximum atomic E-state index is 11.9. The Morgan fingerprint density at radius 3 is 2.13 bits per heavy atom. The van der Waals surface area contributed by atoms with Gasteiger partial charge in [-0.2, -0.15) is 0 Å². The summed E-state index contributed by atoms with van der Waals surface area (Å²) in [5, 5.41) is 11.1. The van der Waals surface area contributed by atoms with Crippen molar-refractivity contribution in [3.05, 3.63) is 35.4 Å². The zero-order valence-corrected chi connectivity index (χ0v) is 19.9. The van der Waals surface area contributed by atoms with E-state index >= 15 is 0 Å². The zero-order valence-electron chi connectivity index (χ0n) is 19.9. The Morgan fingerprint density at radius 2 is 1.48 bits per heavy atom. The average Bonchev–Trinajstić information content (AvgIpc) is 2.78. The van der Waals surface area contributed by atoms with Crippen molar-refractivity contribution in [1.82, 2.24) is 0 Å². The number of ether oxygens (including phenoxy) is 2. The number of unbranched alkanes of at least 4 members (excludes halogenated alkanes) is 8. The van der Waals surface area contributed by atoms with Crippen LogP contribution < -0.4 is 0 Å². The molecule has 4 nitrogen and oxygen atoms in total. The molecule has 1 aliphatic carbocycles. The van der Waals surface area contributed by atoms with E-state index < -0.39 is 11.8 Å². The summed E-state index contributed by atoms with van der Waals surface area (Å²) in [6, 6.07) is 8.46. The van der Waals surface area contributed by atoms with Crippen LogP contribution in [0.25, 0.3) is 0 Å². The lowest BCUT2D eigenvalue weighted by molar-refractivity contribution is -0.0538. The van der Waals surface area contributed by atoms with E-state index in [1.807, 2.05) is 0 Å². The van der Waals surface area contributed by atoms with Crippen LogP contribution in [-0.2, 0) is 21.5 Å². The Bertz CT molecular complexity index is 602. The summed E-state index contributed by atoms with van der Waals surface area (Å²) in [5.74, 6) is 0. The second kappa shape index (κ2) is 14.5. The van der Waals surface area contributed by atoms with Gasteiger partial charge in [-0.15, -0.1) is 0 Å². The van der Waals surface area contributed by atoms with E-state index in [1.54, 1.807) is 0 Å². The molecule has 31 heavy (non-hydrogen) atoms. The maximum Gasteiger partial charge on any atom is 0.508 e. The van der Waals surface area contributed by atoms with Crippen molar-refractivity contribution in [2.45, 2.75) is 122 Å². The number of aliphatic hydroxyl groups is 1. The fraction of sp³-hybridized carbons (Fsp3) is 0.741. The number of carbonyl (C=O) groups is 1. The van der Waals surface area contributed by atoms with Crippen LogP contribution >= 0.6 is 0 Å². The molecule has 0 spiro atoms. The summed E-state index contributed by atoms with van der Waals surface area (Å²) in [5.41, 5.74) is 1.51. The molecule has 4 heteroatoms. The number of aryl methyl sites for hydroxylation is 1. The van der Waals surface area contributed by atoms with E-state index in [0.29, 0.717) is 32.3 Å². The monoisotopic (exact) mass is 432 g/mol. The quantitative estimate of drug-likeness (QED) is 0.245. The minimum Gasteiger partial charge on any atom is -0.434 e. The lowest BCUT2D eigenvalue weighted by Crippen LogP contribution is -2.35. The molecule has 0 atom stereocenters. The third kappa shape index (κ3) is 9.64.